The second-order valence-corrected chi connectivity index (χ2v) is 4.55. The molecule has 0 amide bonds. The molecule has 0 saturated heterocycles. The molecule has 2 rings (SSSR count). The summed E-state index contributed by atoms with van der Waals surface area (Å²) < 4.78 is 0. The molecule has 0 unspecified atom stereocenters. The molecular formula is C14H21NO. The molecule has 2 N–H and O–H groups in total. The van der Waals surface area contributed by atoms with E-state index in [1.54, 1.807) is 0 Å². The van der Waals surface area contributed by atoms with Crippen LogP contribution in [0.2, 0.25) is 0 Å². The molecule has 0 aromatic heterocycles. The molecule has 2 nitrogen and oxygen atoms in total. The van der Waals surface area contributed by atoms with Crippen LogP contribution in [0.25, 0.3) is 0 Å². The van der Waals surface area contributed by atoms with Gasteiger partial charge in [-0.05, 0) is 61.8 Å². The van der Waals surface area contributed by atoms with Gasteiger partial charge in [-0.2, -0.15) is 0 Å². The highest BCUT2D eigenvalue weighted by molar-refractivity contribution is 5.49. The predicted octanol–water partition coefficient (Wildman–Crippen LogP) is 2.75. The first-order valence-corrected chi connectivity index (χ1v) is 6.36. The third-order valence-corrected chi connectivity index (χ3v) is 3.26. The number of benzene rings is 1. The number of hydrogen-bond donors (Lipinski definition) is 2. The largest absolute Gasteiger partial charge is 0.396 e. The Labute approximate surface area is 97.7 Å². The van der Waals surface area contributed by atoms with Crippen LogP contribution in [-0.2, 0) is 12.8 Å². The van der Waals surface area contributed by atoms with Crippen molar-refractivity contribution in [3.05, 3.63) is 29.3 Å². The van der Waals surface area contributed by atoms with Crippen LogP contribution in [0.15, 0.2) is 18.2 Å². The molecule has 0 spiro atoms. The zero-order valence-electron chi connectivity index (χ0n) is 9.84. The maximum atomic E-state index is 8.69. The minimum atomic E-state index is 0.297. The van der Waals surface area contributed by atoms with Gasteiger partial charge < -0.3 is 10.4 Å². The van der Waals surface area contributed by atoms with Crippen LogP contribution in [0.3, 0.4) is 0 Å². The van der Waals surface area contributed by atoms with Crippen LogP contribution >= 0.6 is 0 Å². The second kappa shape index (κ2) is 5.90. The van der Waals surface area contributed by atoms with E-state index in [2.05, 4.69) is 23.5 Å². The van der Waals surface area contributed by atoms with Gasteiger partial charge in [0.15, 0.2) is 0 Å². The Morgan fingerprint density at radius 2 is 1.88 bits per heavy atom. The lowest BCUT2D eigenvalue weighted by Gasteiger charge is -2.17. The smallest absolute Gasteiger partial charge is 0.0431 e. The summed E-state index contributed by atoms with van der Waals surface area (Å²) in [5.41, 5.74) is 4.30. The number of rotatable bonds is 5. The second-order valence-electron chi connectivity index (χ2n) is 4.55. The average molecular weight is 219 g/mol. The maximum absolute atomic E-state index is 8.69. The molecule has 1 aliphatic carbocycles. The lowest BCUT2D eigenvalue weighted by molar-refractivity contribution is 0.286. The summed E-state index contributed by atoms with van der Waals surface area (Å²) in [4.78, 5) is 0. The molecule has 16 heavy (non-hydrogen) atoms. The molecule has 0 fully saturated rings. The van der Waals surface area contributed by atoms with Gasteiger partial charge in [-0.15, -0.1) is 0 Å². The Bertz CT molecular complexity index is 336. The Balaban J connectivity index is 1.90. The van der Waals surface area contributed by atoms with Crippen LogP contribution in [0.1, 0.15) is 36.8 Å². The van der Waals surface area contributed by atoms with Crippen LogP contribution in [-0.4, -0.2) is 18.3 Å². The van der Waals surface area contributed by atoms with E-state index in [-0.39, 0.29) is 0 Å². The molecule has 1 aromatic carbocycles. The monoisotopic (exact) mass is 219 g/mol. The van der Waals surface area contributed by atoms with Gasteiger partial charge in [0.05, 0.1) is 0 Å². The van der Waals surface area contributed by atoms with Crippen molar-refractivity contribution in [3.63, 3.8) is 0 Å². The molecule has 0 aliphatic heterocycles. The van der Waals surface area contributed by atoms with Crippen LogP contribution in [0, 0.1) is 0 Å². The van der Waals surface area contributed by atoms with Crippen LogP contribution in [0.5, 0.6) is 0 Å². The number of aliphatic hydroxyl groups excluding tert-OH is 1. The third-order valence-electron chi connectivity index (χ3n) is 3.26. The Morgan fingerprint density at radius 1 is 1.06 bits per heavy atom. The van der Waals surface area contributed by atoms with Crippen molar-refractivity contribution in [2.45, 2.75) is 38.5 Å². The minimum absolute atomic E-state index is 0.297. The van der Waals surface area contributed by atoms with Gasteiger partial charge in [0.2, 0.25) is 0 Å². The standard InChI is InChI=1S/C14H21NO/c16-10-4-3-9-15-14-8-7-12-5-1-2-6-13(12)11-14/h7-8,11,15-16H,1-6,9-10H2. The number of anilines is 1. The summed E-state index contributed by atoms with van der Waals surface area (Å²) in [6.45, 7) is 1.26. The summed E-state index contributed by atoms with van der Waals surface area (Å²) in [7, 11) is 0. The maximum Gasteiger partial charge on any atom is 0.0431 e. The lowest BCUT2D eigenvalue weighted by Crippen LogP contribution is -2.06. The van der Waals surface area contributed by atoms with Crippen molar-refractivity contribution >= 4 is 5.69 Å². The average Bonchev–Trinajstić information content (AvgIpc) is 2.34. The molecule has 88 valence electrons. The highest BCUT2D eigenvalue weighted by Gasteiger charge is 2.08. The number of unbranched alkanes of at least 4 members (excludes halogenated alkanes) is 1. The molecule has 2 heteroatoms. The van der Waals surface area contributed by atoms with E-state index in [0.29, 0.717) is 6.61 Å². The van der Waals surface area contributed by atoms with Crippen LogP contribution in [0.4, 0.5) is 5.69 Å². The number of aryl methyl sites for hydroxylation is 2. The van der Waals surface area contributed by atoms with Gasteiger partial charge in [-0.3, -0.25) is 0 Å². The van der Waals surface area contributed by atoms with E-state index in [1.807, 2.05) is 0 Å². The first kappa shape index (κ1) is 11.5. The topological polar surface area (TPSA) is 32.3 Å². The van der Waals surface area contributed by atoms with Crippen molar-refractivity contribution in [2.24, 2.45) is 0 Å². The summed E-state index contributed by atoms with van der Waals surface area (Å²) in [6, 6.07) is 6.75. The van der Waals surface area contributed by atoms with Crippen molar-refractivity contribution < 1.29 is 5.11 Å². The van der Waals surface area contributed by atoms with Gasteiger partial charge in [0.1, 0.15) is 0 Å². The van der Waals surface area contributed by atoms with Gasteiger partial charge >= 0.3 is 0 Å². The number of hydrogen-bond acceptors (Lipinski definition) is 2. The quantitative estimate of drug-likeness (QED) is 0.746. The van der Waals surface area contributed by atoms with E-state index in [9.17, 15) is 0 Å². The molecule has 1 aliphatic rings. The van der Waals surface area contributed by atoms with Gasteiger partial charge in [0, 0.05) is 18.8 Å². The molecule has 0 bridgehead atoms. The van der Waals surface area contributed by atoms with E-state index >= 15 is 0 Å². The fourth-order valence-corrected chi connectivity index (χ4v) is 2.31. The summed E-state index contributed by atoms with van der Waals surface area (Å²) in [5.74, 6) is 0. The zero-order chi connectivity index (χ0) is 11.2. The fourth-order valence-electron chi connectivity index (χ4n) is 2.31. The van der Waals surface area contributed by atoms with Crippen molar-refractivity contribution in [1.29, 1.82) is 0 Å². The van der Waals surface area contributed by atoms with Gasteiger partial charge in [-0.25, -0.2) is 0 Å². The number of nitrogens with one attached hydrogen (secondary N) is 1. The van der Waals surface area contributed by atoms with E-state index < -0.39 is 0 Å². The number of aliphatic hydroxyl groups is 1. The lowest BCUT2D eigenvalue weighted by atomic mass is 9.91. The van der Waals surface area contributed by atoms with Crippen molar-refractivity contribution in [2.75, 3.05) is 18.5 Å². The Morgan fingerprint density at radius 3 is 2.69 bits per heavy atom. The normalized spacial score (nSPS) is 14.6. The number of fused-ring (bicyclic) bond motifs is 1. The molecule has 0 atom stereocenters. The summed E-state index contributed by atoms with van der Waals surface area (Å²) in [5, 5.41) is 12.1. The van der Waals surface area contributed by atoms with Gasteiger partial charge in [0.25, 0.3) is 0 Å². The van der Waals surface area contributed by atoms with Crippen molar-refractivity contribution in [3.8, 4) is 0 Å². The first-order valence-electron chi connectivity index (χ1n) is 6.36. The molecule has 0 radical (unpaired) electrons. The van der Waals surface area contributed by atoms with E-state index in [4.69, 9.17) is 5.11 Å². The van der Waals surface area contributed by atoms with Crippen molar-refractivity contribution in [1.82, 2.24) is 0 Å². The highest BCUT2D eigenvalue weighted by atomic mass is 16.2. The van der Waals surface area contributed by atoms with E-state index in [0.717, 1.165) is 19.4 Å². The van der Waals surface area contributed by atoms with Crippen LogP contribution < -0.4 is 5.32 Å². The summed E-state index contributed by atoms with van der Waals surface area (Å²) in [6.07, 6.45) is 7.09. The summed E-state index contributed by atoms with van der Waals surface area (Å²) >= 11 is 0. The van der Waals surface area contributed by atoms with Gasteiger partial charge in [-0.1, -0.05) is 6.07 Å². The molecular weight excluding hydrogens is 198 g/mol. The predicted molar refractivity (Wildman–Crippen MR) is 67.9 cm³/mol. The Hall–Kier alpha value is -1.02. The molecule has 0 heterocycles. The highest BCUT2D eigenvalue weighted by Crippen LogP contribution is 2.24. The zero-order valence-corrected chi connectivity index (χ0v) is 9.84. The molecule has 0 saturated carbocycles. The Kier molecular flexibility index (Phi) is 4.23. The molecule has 1 aromatic rings. The minimum Gasteiger partial charge on any atom is -0.396 e. The fraction of sp³-hybridized carbons (Fsp3) is 0.571. The first-order chi connectivity index (χ1) is 7.90. The van der Waals surface area contributed by atoms with E-state index in [1.165, 1.54) is 42.5 Å². The SMILES string of the molecule is OCCCCNc1ccc2c(c1)CCCC2. The third kappa shape index (κ3) is 2.99.